The summed E-state index contributed by atoms with van der Waals surface area (Å²) in [5.74, 6) is -0.331. The second-order valence-electron chi connectivity index (χ2n) is 3.97. The van der Waals surface area contributed by atoms with Crippen molar-refractivity contribution in [2.75, 3.05) is 0 Å². The lowest BCUT2D eigenvalue weighted by Gasteiger charge is -2.12. The molecule has 6 nitrogen and oxygen atoms in total. The van der Waals surface area contributed by atoms with Gasteiger partial charge in [-0.15, -0.1) is 0 Å². The summed E-state index contributed by atoms with van der Waals surface area (Å²) in [5, 5.41) is 12.1. The van der Waals surface area contributed by atoms with Crippen LogP contribution in [-0.4, -0.2) is 35.3 Å². The smallest absolute Gasteiger partial charge is 0.319 e. The Morgan fingerprint density at radius 3 is 2.71 bits per heavy atom. The number of nitrogens with zero attached hydrogens (tertiary/aromatic N) is 3. The molecule has 0 radical (unpaired) electrons. The lowest BCUT2D eigenvalue weighted by atomic mass is 10.3. The maximum Gasteiger partial charge on any atom is 0.319 e. The number of hydrogen-bond donors (Lipinski definition) is 1. The van der Waals surface area contributed by atoms with Gasteiger partial charge in [-0.3, -0.25) is 9.00 Å². The fraction of sp³-hybridized carbons (Fsp3) is 0.700. The summed E-state index contributed by atoms with van der Waals surface area (Å²) in [7, 11) is -1.47. The zero-order valence-corrected chi connectivity index (χ0v) is 11.0. The number of carbonyl (C=O) groups is 1. The molecule has 17 heavy (non-hydrogen) atoms. The molecule has 2 unspecified atom stereocenters. The van der Waals surface area contributed by atoms with Crippen LogP contribution in [0.2, 0.25) is 0 Å². The first-order chi connectivity index (χ1) is 7.97. The molecule has 0 fully saturated rings. The van der Waals surface area contributed by atoms with E-state index < -0.39 is 22.0 Å². The van der Waals surface area contributed by atoms with E-state index in [0.29, 0.717) is 12.2 Å². The van der Waals surface area contributed by atoms with Crippen LogP contribution >= 0.6 is 0 Å². The van der Waals surface area contributed by atoms with Crippen LogP contribution in [0.5, 0.6) is 0 Å². The summed E-state index contributed by atoms with van der Waals surface area (Å²) in [6.07, 6.45) is 1.74. The first kappa shape index (κ1) is 13.8. The van der Waals surface area contributed by atoms with E-state index in [1.165, 1.54) is 6.33 Å². The van der Waals surface area contributed by atoms with Crippen molar-refractivity contribution < 1.29 is 14.1 Å². The maximum atomic E-state index is 11.9. The molecule has 2 atom stereocenters. The van der Waals surface area contributed by atoms with Crippen LogP contribution in [0.1, 0.15) is 39.1 Å². The lowest BCUT2D eigenvalue weighted by molar-refractivity contribution is -0.136. The van der Waals surface area contributed by atoms with Crippen molar-refractivity contribution in [3.63, 3.8) is 0 Å². The molecule has 96 valence electrons. The van der Waals surface area contributed by atoms with Gasteiger partial charge in [-0.2, -0.15) is 5.10 Å². The molecule has 7 heteroatoms. The normalized spacial score (nSPS) is 14.8. The number of carboxylic acid groups (broad SMARTS) is 1. The van der Waals surface area contributed by atoms with Crippen LogP contribution in [0.3, 0.4) is 0 Å². The third-order valence-corrected chi connectivity index (χ3v) is 4.08. The summed E-state index contributed by atoms with van der Waals surface area (Å²) in [4.78, 5) is 14.9. The number of rotatable bonds is 6. The summed E-state index contributed by atoms with van der Waals surface area (Å²) in [5.41, 5.74) is 0. The molecule has 0 aliphatic rings. The summed E-state index contributed by atoms with van der Waals surface area (Å²) in [6.45, 7) is 5.59. The van der Waals surface area contributed by atoms with E-state index in [-0.39, 0.29) is 11.8 Å². The van der Waals surface area contributed by atoms with E-state index in [9.17, 15) is 9.00 Å². The Kier molecular flexibility index (Phi) is 4.80. The third kappa shape index (κ3) is 3.36. The van der Waals surface area contributed by atoms with Crippen molar-refractivity contribution in [3.05, 3.63) is 12.2 Å². The summed E-state index contributed by atoms with van der Waals surface area (Å²) >= 11 is 0. The third-order valence-electron chi connectivity index (χ3n) is 2.37. The zero-order valence-electron chi connectivity index (χ0n) is 10.2. The molecule has 1 aromatic heterocycles. The van der Waals surface area contributed by atoms with Crippen molar-refractivity contribution in [3.8, 4) is 0 Å². The van der Waals surface area contributed by atoms with E-state index in [1.54, 1.807) is 11.6 Å². The van der Waals surface area contributed by atoms with Crippen LogP contribution < -0.4 is 0 Å². The van der Waals surface area contributed by atoms with Crippen molar-refractivity contribution in [1.29, 1.82) is 0 Å². The molecule has 0 bridgehead atoms. The van der Waals surface area contributed by atoms with Crippen molar-refractivity contribution >= 4 is 16.8 Å². The molecule has 1 aromatic rings. The van der Waals surface area contributed by atoms with E-state index in [0.717, 1.165) is 0 Å². The average Bonchev–Trinajstić information content (AvgIpc) is 2.66. The molecular formula is C10H17N3O3S. The first-order valence-corrected chi connectivity index (χ1v) is 6.83. The van der Waals surface area contributed by atoms with Crippen LogP contribution in [0.15, 0.2) is 6.33 Å². The molecule has 0 saturated heterocycles. The van der Waals surface area contributed by atoms with Gasteiger partial charge in [0.1, 0.15) is 17.4 Å². The van der Waals surface area contributed by atoms with E-state index in [2.05, 4.69) is 10.1 Å². The predicted octanol–water partition coefficient (Wildman–Crippen LogP) is 0.971. The molecule has 1 rings (SSSR count). The van der Waals surface area contributed by atoms with Crippen LogP contribution in [0, 0.1) is 0 Å². The lowest BCUT2D eigenvalue weighted by Crippen LogP contribution is -2.26. The highest BCUT2D eigenvalue weighted by molar-refractivity contribution is 7.85. The van der Waals surface area contributed by atoms with E-state index in [4.69, 9.17) is 5.11 Å². The fourth-order valence-electron chi connectivity index (χ4n) is 1.51. The highest BCUT2D eigenvalue weighted by atomic mass is 32.2. The maximum absolute atomic E-state index is 11.9. The number of aromatic nitrogens is 3. The van der Waals surface area contributed by atoms with Gasteiger partial charge in [0.15, 0.2) is 0 Å². The Morgan fingerprint density at radius 2 is 2.24 bits per heavy atom. The Morgan fingerprint density at radius 1 is 1.59 bits per heavy atom. The summed E-state index contributed by atoms with van der Waals surface area (Å²) < 4.78 is 13.6. The van der Waals surface area contributed by atoms with Crippen LogP contribution in [0.25, 0.3) is 0 Å². The number of aliphatic carboxylic acids is 1. The Bertz CT molecular complexity index is 417. The highest BCUT2D eigenvalue weighted by Gasteiger charge is 2.24. The standard InChI is InChI=1S/C10H17N3O3S/c1-4-8(10(14)15)17(16)5-9-11-6-12-13(9)7(2)3/h6-8H,4-5H2,1-3H3,(H,14,15). The monoisotopic (exact) mass is 259 g/mol. The molecule has 0 aromatic carbocycles. The average molecular weight is 259 g/mol. The van der Waals surface area contributed by atoms with Gasteiger partial charge in [0, 0.05) is 16.8 Å². The first-order valence-electron chi connectivity index (χ1n) is 5.45. The Hall–Kier alpha value is -1.24. The van der Waals surface area contributed by atoms with Gasteiger partial charge in [0.25, 0.3) is 0 Å². The van der Waals surface area contributed by atoms with Crippen molar-refractivity contribution in [2.24, 2.45) is 0 Å². The van der Waals surface area contributed by atoms with Gasteiger partial charge in [0.2, 0.25) is 0 Å². The van der Waals surface area contributed by atoms with Crippen molar-refractivity contribution in [1.82, 2.24) is 14.8 Å². The Labute approximate surface area is 103 Å². The minimum Gasteiger partial charge on any atom is -0.480 e. The second-order valence-corrected chi connectivity index (χ2v) is 5.59. The van der Waals surface area contributed by atoms with Gasteiger partial charge >= 0.3 is 5.97 Å². The topological polar surface area (TPSA) is 85.1 Å². The molecular weight excluding hydrogens is 242 g/mol. The zero-order chi connectivity index (χ0) is 13.0. The molecule has 0 amide bonds. The second kappa shape index (κ2) is 5.90. The summed E-state index contributed by atoms with van der Waals surface area (Å²) in [6, 6.07) is 0.120. The molecule has 1 heterocycles. The SMILES string of the molecule is CCC(C(=O)O)S(=O)Cc1ncnn1C(C)C. The number of carboxylic acids is 1. The molecule has 0 aliphatic carbocycles. The van der Waals surface area contributed by atoms with Gasteiger partial charge < -0.3 is 5.11 Å². The van der Waals surface area contributed by atoms with E-state index in [1.807, 2.05) is 13.8 Å². The molecule has 0 aliphatic heterocycles. The van der Waals surface area contributed by atoms with Crippen molar-refractivity contribution in [2.45, 2.75) is 44.2 Å². The number of hydrogen-bond acceptors (Lipinski definition) is 4. The molecule has 1 N–H and O–H groups in total. The van der Waals surface area contributed by atoms with Crippen LogP contribution in [-0.2, 0) is 21.3 Å². The van der Waals surface area contributed by atoms with Gasteiger partial charge in [-0.25, -0.2) is 9.67 Å². The van der Waals surface area contributed by atoms with Gasteiger partial charge in [-0.05, 0) is 20.3 Å². The van der Waals surface area contributed by atoms with Gasteiger partial charge in [0.05, 0.1) is 5.75 Å². The van der Waals surface area contributed by atoms with E-state index >= 15 is 0 Å². The Balaban J connectivity index is 2.80. The predicted molar refractivity (Wildman–Crippen MR) is 64.0 cm³/mol. The highest BCUT2D eigenvalue weighted by Crippen LogP contribution is 2.11. The quantitative estimate of drug-likeness (QED) is 0.822. The minimum atomic E-state index is -1.47. The van der Waals surface area contributed by atoms with Crippen LogP contribution in [0.4, 0.5) is 0 Å². The largest absolute Gasteiger partial charge is 0.480 e. The van der Waals surface area contributed by atoms with Gasteiger partial charge in [-0.1, -0.05) is 6.92 Å². The minimum absolute atomic E-state index is 0.120. The fourth-order valence-corrected chi connectivity index (χ4v) is 2.77. The molecule has 0 saturated carbocycles. The molecule has 0 spiro atoms.